The number of carbonyl (C=O) groups is 5. The Hall–Kier alpha value is -8.53. The average Bonchev–Trinajstić information content (AvgIpc) is 0.763. The molecule has 1 heterocycles. The largest absolute Gasteiger partial charge is 0.382 e. The van der Waals surface area contributed by atoms with E-state index in [-0.39, 0.29) is 22.4 Å². The van der Waals surface area contributed by atoms with Crippen LogP contribution < -0.4 is 20.8 Å². The third-order valence-corrected chi connectivity index (χ3v) is 22.9. The van der Waals surface area contributed by atoms with Gasteiger partial charge in [0.2, 0.25) is 30.9 Å². The van der Waals surface area contributed by atoms with Crippen LogP contribution in [0.1, 0.15) is 140 Å². The van der Waals surface area contributed by atoms with Crippen LogP contribution in [0.2, 0.25) is 0 Å². The van der Waals surface area contributed by atoms with Gasteiger partial charge in [0.15, 0.2) is 11.6 Å². The smallest absolute Gasteiger partial charge is 0.248 e. The number of rotatable bonds is 18. The minimum atomic E-state index is -4.11. The molecule has 0 aromatic heterocycles. The van der Waals surface area contributed by atoms with Crippen molar-refractivity contribution in [3.8, 4) is 0 Å². The Kier molecular flexibility index (Phi) is 25.1. The second kappa shape index (κ2) is 32.3. The van der Waals surface area contributed by atoms with E-state index >= 15 is 0 Å². The Balaban J connectivity index is 0.000000186. The van der Waals surface area contributed by atoms with Crippen molar-refractivity contribution in [3.05, 3.63) is 295 Å². The fraction of sp³-hybridized carbons (Fsp3) is 0.280. The number of anilines is 1. The summed E-state index contributed by atoms with van der Waals surface area (Å²) in [6.07, 6.45) is 1.47. The summed E-state index contributed by atoms with van der Waals surface area (Å²) in [4.78, 5) is 70.7. The lowest BCUT2D eigenvalue weighted by Crippen LogP contribution is -2.52. The summed E-state index contributed by atoms with van der Waals surface area (Å²) >= 11 is 0. The lowest BCUT2D eigenvalue weighted by Gasteiger charge is -2.38. The number of hydrogen-bond acceptors (Lipinski definition) is 11. The van der Waals surface area contributed by atoms with Crippen LogP contribution in [0.5, 0.6) is 0 Å². The quantitative estimate of drug-likeness (QED) is 0.0644. The molecule has 11 nitrogen and oxygen atoms in total. The van der Waals surface area contributed by atoms with Crippen LogP contribution in [0.3, 0.4) is 0 Å². The maximum atomic E-state index is 14.5. The van der Waals surface area contributed by atoms with Crippen molar-refractivity contribution >= 4 is 64.0 Å². The van der Waals surface area contributed by atoms with Crippen LogP contribution in [0.25, 0.3) is 0 Å². The van der Waals surface area contributed by atoms with Gasteiger partial charge in [-0.15, -0.1) is 0 Å². The molecule has 1 fully saturated rings. The molecule has 1 atom stereocenters. The van der Waals surface area contributed by atoms with Gasteiger partial charge in [-0.1, -0.05) is 211 Å². The van der Waals surface area contributed by atoms with E-state index in [1.807, 2.05) is 167 Å². The van der Waals surface area contributed by atoms with Crippen molar-refractivity contribution in [1.82, 2.24) is 4.90 Å². The van der Waals surface area contributed by atoms with Gasteiger partial charge in [-0.25, -0.2) is 0 Å². The van der Waals surface area contributed by atoms with E-state index in [1.165, 1.54) is 25.0 Å². The minimum absolute atomic E-state index is 0.189. The van der Waals surface area contributed by atoms with Gasteiger partial charge in [-0.05, 0) is 173 Å². The van der Waals surface area contributed by atoms with Gasteiger partial charge in [0.1, 0.15) is 5.60 Å². The van der Waals surface area contributed by atoms with Crippen LogP contribution in [-0.2, 0) is 20.3 Å². The van der Waals surface area contributed by atoms with Gasteiger partial charge in [-0.3, -0.25) is 28.9 Å². The predicted octanol–water partition coefficient (Wildman–Crippen LogP) is 16.6. The molecule has 10 rings (SSSR count). The van der Waals surface area contributed by atoms with Crippen LogP contribution in [0.15, 0.2) is 206 Å². The molecule has 1 saturated heterocycles. The molecular formula is C82H92N2O9P2. The summed E-state index contributed by atoms with van der Waals surface area (Å²) in [5.74, 6) is -0.0581. The number of nitrogens with zero attached hydrogens (tertiary/aromatic N) is 2. The van der Waals surface area contributed by atoms with E-state index in [0.29, 0.717) is 39.3 Å². The normalized spacial score (nSPS) is 13.0. The Morgan fingerprint density at radius 3 is 1.16 bits per heavy atom. The molecule has 9 aromatic rings. The third-order valence-electron chi connectivity index (χ3n) is 17.5. The van der Waals surface area contributed by atoms with Gasteiger partial charge in [0.05, 0.1) is 18.8 Å². The molecule has 1 aliphatic heterocycles. The number of aryl methyl sites for hydroxylation is 10. The van der Waals surface area contributed by atoms with Gasteiger partial charge in [0, 0.05) is 62.5 Å². The van der Waals surface area contributed by atoms with Crippen molar-refractivity contribution < 1.29 is 42.9 Å². The Bertz CT molecular complexity index is 4080. The number of hydrogen-bond donors (Lipinski definition) is 1. The highest BCUT2D eigenvalue weighted by Gasteiger charge is 2.45. The van der Waals surface area contributed by atoms with Crippen molar-refractivity contribution in [2.75, 3.05) is 45.3 Å². The van der Waals surface area contributed by atoms with E-state index in [1.54, 1.807) is 78.9 Å². The molecule has 1 unspecified atom stereocenters. The Morgan fingerprint density at radius 1 is 0.453 bits per heavy atom. The number of ether oxygens (including phenoxy) is 1. The van der Waals surface area contributed by atoms with E-state index in [0.717, 1.165) is 94.0 Å². The zero-order valence-electron chi connectivity index (χ0n) is 57.9. The highest BCUT2D eigenvalue weighted by atomic mass is 31.2. The van der Waals surface area contributed by atoms with Crippen molar-refractivity contribution in [3.63, 3.8) is 0 Å². The number of likely N-dealkylation sites (N-methyl/N-ethyl adjacent to an activating group) is 1. The summed E-state index contributed by atoms with van der Waals surface area (Å²) in [5.41, 5.74) is 10.8. The van der Waals surface area contributed by atoms with Crippen LogP contribution in [0, 0.1) is 69.2 Å². The molecule has 1 aliphatic rings. The van der Waals surface area contributed by atoms with Crippen LogP contribution in [0.4, 0.5) is 5.69 Å². The van der Waals surface area contributed by atoms with Crippen molar-refractivity contribution in [1.29, 1.82) is 0 Å². The van der Waals surface area contributed by atoms with E-state index in [9.17, 15) is 38.2 Å². The molecule has 0 amide bonds. The highest BCUT2D eigenvalue weighted by molar-refractivity contribution is 8.01. The third kappa shape index (κ3) is 17.3. The summed E-state index contributed by atoms with van der Waals surface area (Å²) in [6.45, 7) is 27.5. The lowest BCUT2D eigenvalue weighted by atomic mass is 9.80. The number of ketones is 2. The van der Waals surface area contributed by atoms with Crippen molar-refractivity contribution in [2.24, 2.45) is 0 Å². The number of morpholine rings is 1. The Labute approximate surface area is 563 Å². The molecule has 494 valence electrons. The monoisotopic (exact) mass is 1310 g/mol. The maximum Gasteiger partial charge on any atom is 0.248 e. The summed E-state index contributed by atoms with van der Waals surface area (Å²) in [7, 11) is -3.54. The molecule has 0 saturated carbocycles. The fourth-order valence-electron chi connectivity index (χ4n) is 12.6. The molecule has 0 bridgehead atoms. The molecule has 0 radical (unpaired) electrons. The SMILES string of the molecule is CC(C)(O)C(=O)c1ccccc1.CCC(Cc1ccc(C)cc1)(C(=O)c1ccc(N2CCOCC2)cc1)N(C)C.Cc1cc(C)c(C(=O)P(=O)(C(=O)c2c(C)cc(C)cc2C)c2ccccc2)c(C)c1.Cc1cc(C)c(C(=O)P(=O)(c2ccccc2)c2ccccc2)c(C)c1. The fourth-order valence-corrected chi connectivity index (χ4v) is 17.8. The molecule has 13 heteroatoms. The van der Waals surface area contributed by atoms with Crippen molar-refractivity contribution in [2.45, 2.75) is 114 Å². The molecule has 0 spiro atoms. The van der Waals surface area contributed by atoms with Gasteiger partial charge >= 0.3 is 0 Å². The predicted molar refractivity (Wildman–Crippen MR) is 391 cm³/mol. The number of aliphatic hydroxyl groups is 1. The first kappa shape index (κ1) is 73.9. The molecule has 95 heavy (non-hydrogen) atoms. The molecule has 9 aromatic carbocycles. The minimum Gasteiger partial charge on any atom is -0.382 e. The number of benzene rings is 9. The average molecular weight is 1310 g/mol. The first-order chi connectivity index (χ1) is 45.0. The van der Waals surface area contributed by atoms with Crippen LogP contribution in [-0.4, -0.2) is 89.7 Å². The molecular weight excluding hydrogens is 1220 g/mol. The summed E-state index contributed by atoms with van der Waals surface area (Å²) in [6, 6.07) is 63.5. The van der Waals surface area contributed by atoms with Gasteiger partial charge in [-0.2, -0.15) is 0 Å². The first-order valence-electron chi connectivity index (χ1n) is 32.3. The standard InChI is InChI=1S/C26H27O3P.C24H32N2O2.C22H21O2P.C10H12O2/c1-16-12-18(3)23(19(4)13-16)25(27)30(29,22-10-8-7-9-11-22)26(28)24-20(5)14-17(2)15-21(24)6;1-5-24(25(3)4,18-20-8-6-19(2)7-9-20)23(27)21-10-12-22(13-11-21)26-14-16-28-17-15-26;1-16-14-17(2)21(18(3)15-16)22(23)25(24,19-10-6-4-7-11-19)20-12-8-5-9-13-20;1-10(2,12)9(11)8-6-4-3-5-7-8/h7-15H,1-6H3;6-13H,5,14-18H2,1-4H3;4-15H,1-3H3;3-7,12H,1-2H3. The second-order valence-corrected chi connectivity index (χ2v) is 30.8. The first-order valence-corrected chi connectivity index (χ1v) is 35.7. The zero-order chi connectivity index (χ0) is 69.6. The maximum absolute atomic E-state index is 14.5. The number of carbonyl (C=O) groups excluding carboxylic acids is 5. The topological polar surface area (TPSA) is 155 Å². The van der Waals surface area contributed by atoms with E-state index in [2.05, 4.69) is 60.0 Å². The number of Topliss-reactive ketones (excluding diaryl/α,β-unsaturated/α-hetero) is 2. The van der Waals surface area contributed by atoms with E-state index in [4.69, 9.17) is 4.74 Å². The van der Waals surface area contributed by atoms with Gasteiger partial charge in [0.25, 0.3) is 0 Å². The van der Waals surface area contributed by atoms with E-state index < -0.39 is 36.5 Å². The molecule has 1 N–H and O–H groups in total. The van der Waals surface area contributed by atoms with Gasteiger partial charge < -0.3 is 23.9 Å². The second-order valence-electron chi connectivity index (χ2n) is 25.6. The lowest BCUT2D eigenvalue weighted by molar-refractivity contribution is 0.0488. The Morgan fingerprint density at radius 2 is 0.800 bits per heavy atom. The summed E-state index contributed by atoms with van der Waals surface area (Å²) in [5, 5.41) is 10.8. The zero-order valence-corrected chi connectivity index (χ0v) is 59.7. The highest BCUT2D eigenvalue weighted by Crippen LogP contribution is 2.53. The van der Waals surface area contributed by atoms with Crippen LogP contribution >= 0.6 is 14.3 Å². The summed E-state index contributed by atoms with van der Waals surface area (Å²) < 4.78 is 34.1. The molecule has 0 aliphatic carbocycles.